The number of azo groups is 1. The molecule has 3 aromatic carbocycles. The van der Waals surface area contributed by atoms with Gasteiger partial charge in [0.25, 0.3) is 0 Å². The summed E-state index contributed by atoms with van der Waals surface area (Å²) in [4.78, 5) is 12.4. The van der Waals surface area contributed by atoms with Crippen LogP contribution in [-0.2, 0) is 17.8 Å². The van der Waals surface area contributed by atoms with Crippen molar-refractivity contribution in [1.29, 1.82) is 0 Å². The molecule has 34 heavy (non-hydrogen) atoms. The van der Waals surface area contributed by atoms with Crippen LogP contribution in [0.3, 0.4) is 0 Å². The van der Waals surface area contributed by atoms with Crippen LogP contribution >= 0.6 is 0 Å². The van der Waals surface area contributed by atoms with E-state index in [2.05, 4.69) is 36.2 Å². The number of aromatic nitrogens is 1. The number of amides is 1. The van der Waals surface area contributed by atoms with Crippen molar-refractivity contribution in [2.45, 2.75) is 39.7 Å². The highest BCUT2D eigenvalue weighted by Gasteiger charge is 2.17. The first kappa shape index (κ1) is 23.2. The third-order valence-electron chi connectivity index (χ3n) is 5.79. The maximum Gasteiger partial charge on any atom is 0.302 e. The number of para-hydroxylation sites is 1. The number of hydrogen-bond acceptors (Lipinski definition) is 4. The Balaban J connectivity index is 1.52. The van der Waals surface area contributed by atoms with Crippen molar-refractivity contribution in [3.8, 4) is 11.6 Å². The maximum absolute atomic E-state index is 12.4. The zero-order valence-electron chi connectivity index (χ0n) is 19.7. The Bertz CT molecular complexity index is 1320. The summed E-state index contributed by atoms with van der Waals surface area (Å²) in [5.41, 5.74) is 4.40. The Morgan fingerprint density at radius 1 is 1.03 bits per heavy atom. The van der Waals surface area contributed by atoms with E-state index in [4.69, 9.17) is 4.74 Å². The summed E-state index contributed by atoms with van der Waals surface area (Å²) in [6.07, 6.45) is 0.755. The molecule has 1 N–H and O–H groups in total. The number of ether oxygens (including phenoxy) is 1. The second-order valence-electron chi connectivity index (χ2n) is 8.65. The highest BCUT2D eigenvalue weighted by Crippen LogP contribution is 2.39. The lowest BCUT2D eigenvalue weighted by Crippen LogP contribution is -2.09. The van der Waals surface area contributed by atoms with Crippen molar-refractivity contribution >= 4 is 22.5 Å². The Kier molecular flexibility index (Phi) is 7.07. The molecule has 0 unspecified atom stereocenters. The number of carbonyl (C=O) groups excluding carboxylic acids is 1. The summed E-state index contributed by atoms with van der Waals surface area (Å²) < 4.78 is 7.57. The summed E-state index contributed by atoms with van der Waals surface area (Å²) in [5.74, 6) is 0.428. The summed E-state index contributed by atoms with van der Waals surface area (Å²) in [6, 6.07) is 23.6. The van der Waals surface area contributed by atoms with Crippen molar-refractivity contribution in [3.63, 3.8) is 0 Å². The maximum atomic E-state index is 12.4. The van der Waals surface area contributed by atoms with E-state index >= 15 is 0 Å². The van der Waals surface area contributed by atoms with E-state index in [-0.39, 0.29) is 24.1 Å². The van der Waals surface area contributed by atoms with Crippen molar-refractivity contribution in [2.24, 2.45) is 10.2 Å². The lowest BCUT2D eigenvalue weighted by molar-refractivity contribution is -0.120. The standard InChI is InChI=1S/C28H29N3O3/c1-19(2)22-14-13-20(3)17-25(22)34-18-26(32)29-30-27-23-11-7-8-12-24(23)31(28(27)33)16-15-21-9-5-4-6-10-21/h4-14,17,19,33H,15-16,18H2,1-3H3. The highest BCUT2D eigenvalue weighted by atomic mass is 16.5. The molecule has 0 radical (unpaired) electrons. The van der Waals surface area contributed by atoms with Gasteiger partial charge in [0.1, 0.15) is 5.75 Å². The SMILES string of the molecule is Cc1ccc(C(C)C)c(OCC(=O)N=Nc2c(O)n(CCc3ccccc3)c3ccccc23)c1. The molecule has 4 rings (SSSR count). The van der Waals surface area contributed by atoms with Gasteiger partial charge in [-0.25, -0.2) is 0 Å². The number of carbonyl (C=O) groups is 1. The largest absolute Gasteiger partial charge is 0.493 e. The summed E-state index contributed by atoms with van der Waals surface area (Å²) in [5, 5.41) is 19.6. The fraction of sp³-hybridized carbons (Fsp3) is 0.250. The van der Waals surface area contributed by atoms with E-state index in [0.29, 0.717) is 12.3 Å². The molecule has 4 aromatic rings. The molecule has 1 amide bonds. The molecule has 0 saturated carbocycles. The number of hydrogen-bond donors (Lipinski definition) is 1. The number of rotatable bonds is 8. The lowest BCUT2D eigenvalue weighted by Gasteiger charge is -2.13. The van der Waals surface area contributed by atoms with E-state index in [0.717, 1.165) is 28.5 Å². The normalized spacial score (nSPS) is 11.5. The van der Waals surface area contributed by atoms with Gasteiger partial charge < -0.3 is 14.4 Å². The van der Waals surface area contributed by atoms with Crippen LogP contribution in [0.5, 0.6) is 11.6 Å². The summed E-state index contributed by atoms with van der Waals surface area (Å²) in [6.45, 7) is 6.49. The molecule has 0 fully saturated rings. The molecule has 0 aliphatic heterocycles. The smallest absolute Gasteiger partial charge is 0.302 e. The van der Waals surface area contributed by atoms with Gasteiger partial charge in [-0.1, -0.05) is 74.5 Å². The molecule has 0 spiro atoms. The molecule has 6 nitrogen and oxygen atoms in total. The van der Waals surface area contributed by atoms with Gasteiger partial charge in [0, 0.05) is 11.9 Å². The van der Waals surface area contributed by atoms with Gasteiger partial charge in [-0.05, 0) is 48.1 Å². The number of fused-ring (bicyclic) bond motifs is 1. The zero-order chi connectivity index (χ0) is 24.1. The number of nitrogens with zero attached hydrogens (tertiary/aromatic N) is 3. The van der Waals surface area contributed by atoms with Crippen LogP contribution in [0.4, 0.5) is 5.69 Å². The number of benzene rings is 3. The van der Waals surface area contributed by atoms with Crippen LogP contribution < -0.4 is 4.74 Å². The van der Waals surface area contributed by atoms with Crippen LogP contribution in [0.2, 0.25) is 0 Å². The molecule has 0 bridgehead atoms. The van der Waals surface area contributed by atoms with Gasteiger partial charge in [-0.2, -0.15) is 0 Å². The van der Waals surface area contributed by atoms with Gasteiger partial charge in [0.05, 0.1) is 5.52 Å². The monoisotopic (exact) mass is 455 g/mol. The molecular formula is C28H29N3O3. The lowest BCUT2D eigenvalue weighted by atomic mass is 10.0. The first-order chi connectivity index (χ1) is 16.4. The molecule has 0 aliphatic carbocycles. The van der Waals surface area contributed by atoms with Crippen LogP contribution in [0.1, 0.15) is 36.5 Å². The fourth-order valence-electron chi connectivity index (χ4n) is 4.00. The van der Waals surface area contributed by atoms with Gasteiger partial charge >= 0.3 is 5.91 Å². The van der Waals surface area contributed by atoms with Crippen LogP contribution in [0.15, 0.2) is 83.0 Å². The third-order valence-corrected chi connectivity index (χ3v) is 5.79. The second-order valence-corrected chi connectivity index (χ2v) is 8.65. The Morgan fingerprint density at radius 2 is 1.76 bits per heavy atom. The van der Waals surface area contributed by atoms with Gasteiger partial charge in [0.15, 0.2) is 12.3 Å². The summed E-state index contributed by atoms with van der Waals surface area (Å²) >= 11 is 0. The van der Waals surface area contributed by atoms with Crippen molar-refractivity contribution in [2.75, 3.05) is 6.61 Å². The number of aryl methyl sites for hydroxylation is 3. The number of aromatic hydroxyl groups is 1. The quantitative estimate of drug-likeness (QED) is 0.300. The van der Waals surface area contributed by atoms with Crippen LogP contribution in [0.25, 0.3) is 10.9 Å². The average Bonchev–Trinajstić information content (AvgIpc) is 3.11. The Morgan fingerprint density at radius 3 is 2.53 bits per heavy atom. The van der Waals surface area contributed by atoms with E-state index in [1.807, 2.05) is 67.6 Å². The highest BCUT2D eigenvalue weighted by molar-refractivity contribution is 5.95. The van der Waals surface area contributed by atoms with Crippen LogP contribution in [0, 0.1) is 6.92 Å². The van der Waals surface area contributed by atoms with E-state index in [9.17, 15) is 9.90 Å². The fourth-order valence-corrected chi connectivity index (χ4v) is 4.00. The molecule has 174 valence electrons. The first-order valence-electron chi connectivity index (χ1n) is 11.5. The van der Waals surface area contributed by atoms with Crippen LogP contribution in [-0.4, -0.2) is 22.2 Å². The molecule has 0 atom stereocenters. The predicted octanol–water partition coefficient (Wildman–Crippen LogP) is 6.71. The van der Waals surface area contributed by atoms with Gasteiger partial charge in [0.2, 0.25) is 5.88 Å². The topological polar surface area (TPSA) is 76.2 Å². The van der Waals surface area contributed by atoms with E-state index < -0.39 is 5.91 Å². The van der Waals surface area contributed by atoms with Gasteiger partial charge in [-0.3, -0.25) is 4.79 Å². The predicted molar refractivity (Wildman–Crippen MR) is 134 cm³/mol. The van der Waals surface area contributed by atoms with Crippen molar-refractivity contribution < 1.29 is 14.6 Å². The summed E-state index contributed by atoms with van der Waals surface area (Å²) in [7, 11) is 0. The molecular weight excluding hydrogens is 426 g/mol. The van der Waals surface area contributed by atoms with E-state index in [1.54, 1.807) is 4.57 Å². The minimum atomic E-state index is -0.517. The zero-order valence-corrected chi connectivity index (χ0v) is 19.7. The minimum absolute atomic E-state index is 0.00428. The van der Waals surface area contributed by atoms with Crippen molar-refractivity contribution in [3.05, 3.63) is 89.5 Å². The average molecular weight is 456 g/mol. The molecule has 0 aliphatic rings. The van der Waals surface area contributed by atoms with Gasteiger partial charge in [-0.15, -0.1) is 10.2 Å². The Hall–Kier alpha value is -3.93. The van der Waals surface area contributed by atoms with Crippen molar-refractivity contribution in [1.82, 2.24) is 4.57 Å². The van der Waals surface area contributed by atoms with E-state index in [1.165, 1.54) is 5.56 Å². The molecule has 1 aromatic heterocycles. The first-order valence-corrected chi connectivity index (χ1v) is 11.5. The second kappa shape index (κ2) is 10.3. The Labute approximate surface area is 199 Å². The molecule has 6 heteroatoms. The third kappa shape index (κ3) is 5.17. The minimum Gasteiger partial charge on any atom is -0.493 e. The molecule has 1 heterocycles. The molecule has 0 saturated heterocycles.